The largest absolute Gasteiger partial charge is 0.385 e. The molecule has 0 radical (unpaired) electrons. The van der Waals surface area contributed by atoms with Crippen LogP contribution in [0.3, 0.4) is 0 Å². The summed E-state index contributed by atoms with van der Waals surface area (Å²) in [6.45, 7) is 5.25. The van der Waals surface area contributed by atoms with E-state index in [-0.39, 0.29) is 0 Å². The van der Waals surface area contributed by atoms with Gasteiger partial charge in [-0.25, -0.2) is 0 Å². The van der Waals surface area contributed by atoms with E-state index in [1.807, 2.05) is 0 Å². The van der Waals surface area contributed by atoms with Crippen LogP contribution in [-0.2, 0) is 6.54 Å². The maximum Gasteiger partial charge on any atom is 0.0340 e. The Balaban J connectivity index is 1.64. The van der Waals surface area contributed by atoms with Gasteiger partial charge in [0.05, 0.1) is 0 Å². The van der Waals surface area contributed by atoms with Crippen molar-refractivity contribution in [3.8, 4) is 0 Å². The first-order valence-electron chi connectivity index (χ1n) is 7.27. The smallest absolute Gasteiger partial charge is 0.0340 e. The molecule has 0 aliphatic heterocycles. The molecule has 0 atom stereocenters. The van der Waals surface area contributed by atoms with Crippen LogP contribution >= 0.6 is 0 Å². The quantitative estimate of drug-likeness (QED) is 0.765. The molecule has 20 heavy (non-hydrogen) atoms. The van der Waals surface area contributed by atoms with Crippen LogP contribution in [0.5, 0.6) is 0 Å². The molecular weight excluding hydrogens is 244 g/mol. The second kappa shape index (κ2) is 7.71. The lowest BCUT2D eigenvalue weighted by Crippen LogP contribution is -2.21. The van der Waals surface area contributed by atoms with Gasteiger partial charge in [-0.05, 0) is 44.6 Å². The van der Waals surface area contributed by atoms with Crippen molar-refractivity contribution in [3.05, 3.63) is 65.7 Å². The van der Waals surface area contributed by atoms with Gasteiger partial charge in [0.25, 0.3) is 0 Å². The molecule has 2 aromatic carbocycles. The molecule has 0 aliphatic carbocycles. The highest BCUT2D eigenvalue weighted by atomic mass is 15.1. The second-order valence-electron chi connectivity index (χ2n) is 5.37. The number of aryl methyl sites for hydroxylation is 1. The third-order valence-electron chi connectivity index (χ3n) is 3.39. The van der Waals surface area contributed by atoms with E-state index in [2.05, 4.69) is 78.8 Å². The van der Waals surface area contributed by atoms with Crippen LogP contribution in [0.1, 0.15) is 17.5 Å². The minimum absolute atomic E-state index is 1.02. The summed E-state index contributed by atoms with van der Waals surface area (Å²) in [4.78, 5) is 2.37. The molecule has 0 saturated carbocycles. The van der Waals surface area contributed by atoms with Crippen LogP contribution in [0.25, 0.3) is 0 Å². The Kier molecular flexibility index (Phi) is 5.63. The lowest BCUT2D eigenvalue weighted by molar-refractivity contribution is 0.325. The predicted molar refractivity (Wildman–Crippen MR) is 87.1 cm³/mol. The van der Waals surface area contributed by atoms with E-state index in [4.69, 9.17) is 0 Å². The SMILES string of the molecule is Cc1ccc(NCCCN(C)Cc2ccccc2)cc1. The number of hydrogen-bond donors (Lipinski definition) is 1. The Hall–Kier alpha value is -1.80. The summed E-state index contributed by atoms with van der Waals surface area (Å²) in [6.07, 6.45) is 1.15. The number of anilines is 1. The zero-order chi connectivity index (χ0) is 14.2. The lowest BCUT2D eigenvalue weighted by atomic mass is 10.2. The van der Waals surface area contributed by atoms with Gasteiger partial charge in [0.15, 0.2) is 0 Å². The van der Waals surface area contributed by atoms with Crippen molar-refractivity contribution in [2.45, 2.75) is 19.9 Å². The molecule has 2 nitrogen and oxygen atoms in total. The average molecular weight is 268 g/mol. The number of benzene rings is 2. The van der Waals surface area contributed by atoms with Crippen LogP contribution in [0.4, 0.5) is 5.69 Å². The third-order valence-corrected chi connectivity index (χ3v) is 3.39. The summed E-state index contributed by atoms with van der Waals surface area (Å²) in [6, 6.07) is 19.2. The minimum Gasteiger partial charge on any atom is -0.385 e. The Morgan fingerprint density at radius 1 is 0.950 bits per heavy atom. The number of nitrogens with zero attached hydrogens (tertiary/aromatic N) is 1. The molecule has 0 aromatic heterocycles. The Morgan fingerprint density at radius 2 is 1.65 bits per heavy atom. The van der Waals surface area contributed by atoms with E-state index in [1.54, 1.807) is 0 Å². The van der Waals surface area contributed by atoms with Crippen LogP contribution in [0.2, 0.25) is 0 Å². The summed E-state index contributed by atoms with van der Waals surface area (Å²) < 4.78 is 0. The number of hydrogen-bond acceptors (Lipinski definition) is 2. The van der Waals surface area contributed by atoms with E-state index in [0.717, 1.165) is 26.1 Å². The minimum atomic E-state index is 1.02. The summed E-state index contributed by atoms with van der Waals surface area (Å²) in [5.41, 5.74) is 3.89. The van der Waals surface area contributed by atoms with Gasteiger partial charge in [0.1, 0.15) is 0 Å². The second-order valence-corrected chi connectivity index (χ2v) is 5.37. The molecule has 0 spiro atoms. The van der Waals surface area contributed by atoms with Crippen molar-refractivity contribution in [1.82, 2.24) is 4.90 Å². The predicted octanol–water partition coefficient (Wildman–Crippen LogP) is 3.93. The monoisotopic (exact) mass is 268 g/mol. The molecule has 0 heterocycles. The van der Waals surface area contributed by atoms with Crippen LogP contribution in [0.15, 0.2) is 54.6 Å². The molecule has 0 saturated heterocycles. The Bertz CT molecular complexity index is 491. The van der Waals surface area contributed by atoms with Crippen LogP contribution < -0.4 is 5.32 Å². The molecule has 0 bridgehead atoms. The van der Waals surface area contributed by atoms with E-state index in [0.29, 0.717) is 0 Å². The number of nitrogens with one attached hydrogen (secondary N) is 1. The van der Waals surface area contributed by atoms with Gasteiger partial charge in [-0.3, -0.25) is 0 Å². The number of rotatable bonds is 7. The van der Waals surface area contributed by atoms with Crippen molar-refractivity contribution in [3.63, 3.8) is 0 Å². The fourth-order valence-corrected chi connectivity index (χ4v) is 2.23. The first kappa shape index (κ1) is 14.6. The molecule has 2 aromatic rings. The van der Waals surface area contributed by atoms with Crippen molar-refractivity contribution in [2.75, 3.05) is 25.5 Å². The van der Waals surface area contributed by atoms with Crippen molar-refractivity contribution < 1.29 is 0 Å². The van der Waals surface area contributed by atoms with Gasteiger partial charge < -0.3 is 10.2 Å². The molecule has 1 N–H and O–H groups in total. The first-order valence-corrected chi connectivity index (χ1v) is 7.27. The van der Waals surface area contributed by atoms with Crippen LogP contribution in [-0.4, -0.2) is 25.0 Å². The van der Waals surface area contributed by atoms with Crippen LogP contribution in [0, 0.1) is 6.92 Å². The van der Waals surface area contributed by atoms with Gasteiger partial charge >= 0.3 is 0 Å². The normalized spacial score (nSPS) is 10.8. The highest BCUT2D eigenvalue weighted by molar-refractivity contribution is 5.44. The molecule has 0 aliphatic rings. The topological polar surface area (TPSA) is 15.3 Å². The molecule has 2 heteroatoms. The standard InChI is InChI=1S/C18H24N2/c1-16-9-11-18(12-10-16)19-13-6-14-20(2)15-17-7-4-3-5-8-17/h3-5,7-12,19H,6,13-15H2,1-2H3. The van der Waals surface area contributed by atoms with Crippen molar-refractivity contribution >= 4 is 5.69 Å². The molecule has 2 rings (SSSR count). The Labute approximate surface area is 122 Å². The van der Waals surface area contributed by atoms with Gasteiger partial charge in [0, 0.05) is 18.8 Å². The van der Waals surface area contributed by atoms with Crippen molar-refractivity contribution in [1.29, 1.82) is 0 Å². The fraction of sp³-hybridized carbons (Fsp3) is 0.333. The average Bonchev–Trinajstić information content (AvgIpc) is 2.46. The lowest BCUT2D eigenvalue weighted by Gasteiger charge is -2.17. The van der Waals surface area contributed by atoms with E-state index < -0.39 is 0 Å². The van der Waals surface area contributed by atoms with Gasteiger partial charge in [0.2, 0.25) is 0 Å². The summed E-state index contributed by atoms with van der Waals surface area (Å²) in [5.74, 6) is 0. The summed E-state index contributed by atoms with van der Waals surface area (Å²) in [5, 5.41) is 3.46. The molecule has 0 fully saturated rings. The van der Waals surface area contributed by atoms with Gasteiger partial charge in [-0.15, -0.1) is 0 Å². The first-order chi connectivity index (χ1) is 9.74. The van der Waals surface area contributed by atoms with E-state index in [1.165, 1.54) is 16.8 Å². The molecule has 106 valence electrons. The fourth-order valence-electron chi connectivity index (χ4n) is 2.23. The summed E-state index contributed by atoms with van der Waals surface area (Å²) >= 11 is 0. The molecule has 0 amide bonds. The maximum absolute atomic E-state index is 3.46. The maximum atomic E-state index is 3.46. The molecular formula is C18H24N2. The van der Waals surface area contributed by atoms with E-state index in [9.17, 15) is 0 Å². The summed E-state index contributed by atoms with van der Waals surface area (Å²) in [7, 11) is 2.18. The van der Waals surface area contributed by atoms with Gasteiger partial charge in [-0.2, -0.15) is 0 Å². The highest BCUT2D eigenvalue weighted by Crippen LogP contribution is 2.08. The third kappa shape index (κ3) is 5.06. The van der Waals surface area contributed by atoms with E-state index >= 15 is 0 Å². The zero-order valence-corrected chi connectivity index (χ0v) is 12.5. The zero-order valence-electron chi connectivity index (χ0n) is 12.5. The van der Waals surface area contributed by atoms with Gasteiger partial charge in [-0.1, -0.05) is 48.0 Å². The highest BCUT2D eigenvalue weighted by Gasteiger charge is 1.99. The molecule has 0 unspecified atom stereocenters. The Morgan fingerprint density at radius 3 is 2.35 bits per heavy atom. The van der Waals surface area contributed by atoms with Crippen molar-refractivity contribution in [2.24, 2.45) is 0 Å².